The van der Waals surface area contributed by atoms with Crippen molar-refractivity contribution >= 4 is 27.5 Å². The van der Waals surface area contributed by atoms with Crippen LogP contribution in [-0.4, -0.2) is 62.7 Å². The van der Waals surface area contributed by atoms with Gasteiger partial charge in [0.05, 0.1) is 17.7 Å². The summed E-state index contributed by atoms with van der Waals surface area (Å²) in [7, 11) is -2.14. The number of carbonyl (C=O) groups excluding carboxylic acids is 2. The summed E-state index contributed by atoms with van der Waals surface area (Å²) in [5, 5.41) is 1.38. The topological polar surface area (TPSA) is 99.3 Å². The normalized spacial score (nSPS) is 17.4. The van der Waals surface area contributed by atoms with Crippen LogP contribution in [0.15, 0.2) is 65.2 Å². The lowest BCUT2D eigenvalue weighted by Gasteiger charge is -2.36. The van der Waals surface area contributed by atoms with Crippen LogP contribution in [0.25, 0.3) is 0 Å². The molecular weight excluding hydrogens is 444 g/mol. The Morgan fingerprint density at radius 3 is 2.36 bits per heavy atom. The minimum Gasteiger partial charge on any atom is -0.497 e. The standard InChI is InChI=1S/C23H26N4O5S/c1-17-4-3-5-18(16-17)27-22(28)11-10-21(24-27)23(29)25-12-14-26(15-13-25)33(30,31)20-8-6-19(32-2)7-9-20/h3-10,16,24H,11-15H2,1-2H3. The summed E-state index contributed by atoms with van der Waals surface area (Å²) in [6.45, 7) is 2.82. The van der Waals surface area contributed by atoms with Gasteiger partial charge in [0.1, 0.15) is 11.4 Å². The second-order valence-corrected chi connectivity index (χ2v) is 9.81. The Morgan fingerprint density at radius 1 is 1.03 bits per heavy atom. The quantitative estimate of drug-likeness (QED) is 0.714. The van der Waals surface area contributed by atoms with E-state index in [4.69, 9.17) is 4.74 Å². The SMILES string of the molecule is COc1ccc(S(=O)(=O)N2CCN(C(=O)C3=CCC(=O)N(c4cccc(C)c4)N3)CC2)cc1. The molecule has 1 N–H and O–H groups in total. The number of nitrogens with one attached hydrogen (secondary N) is 1. The molecule has 9 nitrogen and oxygen atoms in total. The van der Waals surface area contributed by atoms with Gasteiger partial charge < -0.3 is 9.64 Å². The molecular formula is C23H26N4O5S. The average molecular weight is 471 g/mol. The van der Waals surface area contributed by atoms with Crippen molar-refractivity contribution < 1.29 is 22.7 Å². The first kappa shape index (κ1) is 22.8. The highest BCUT2D eigenvalue weighted by atomic mass is 32.2. The average Bonchev–Trinajstić information content (AvgIpc) is 2.84. The molecule has 174 valence electrons. The van der Waals surface area contributed by atoms with Crippen LogP contribution >= 0.6 is 0 Å². The third-order valence-electron chi connectivity index (χ3n) is 5.68. The van der Waals surface area contributed by atoms with Gasteiger partial charge >= 0.3 is 0 Å². The highest BCUT2D eigenvalue weighted by molar-refractivity contribution is 7.89. The minimum atomic E-state index is -3.66. The van der Waals surface area contributed by atoms with Crippen LogP contribution in [0, 0.1) is 6.92 Å². The highest BCUT2D eigenvalue weighted by Crippen LogP contribution is 2.22. The number of nitrogens with zero attached hydrogens (tertiary/aromatic N) is 3. The number of methoxy groups -OCH3 is 1. The number of anilines is 1. The van der Waals surface area contributed by atoms with Crippen molar-refractivity contribution in [1.29, 1.82) is 0 Å². The largest absolute Gasteiger partial charge is 0.497 e. The van der Waals surface area contributed by atoms with Crippen molar-refractivity contribution in [3.05, 3.63) is 65.9 Å². The number of ether oxygens (including phenoxy) is 1. The number of hydrogen-bond acceptors (Lipinski definition) is 6. The molecule has 0 spiro atoms. The number of sulfonamides is 1. The van der Waals surface area contributed by atoms with Crippen LogP contribution < -0.4 is 15.2 Å². The number of amides is 2. The number of benzene rings is 2. The first-order valence-corrected chi connectivity index (χ1v) is 12.0. The fourth-order valence-electron chi connectivity index (χ4n) is 3.82. The highest BCUT2D eigenvalue weighted by Gasteiger charge is 2.33. The van der Waals surface area contributed by atoms with E-state index in [9.17, 15) is 18.0 Å². The van der Waals surface area contributed by atoms with Crippen LogP contribution in [-0.2, 0) is 19.6 Å². The van der Waals surface area contributed by atoms with Crippen LogP contribution in [0.1, 0.15) is 12.0 Å². The third kappa shape index (κ3) is 4.71. The zero-order chi connectivity index (χ0) is 23.6. The summed E-state index contributed by atoms with van der Waals surface area (Å²) in [6, 6.07) is 13.7. The van der Waals surface area contributed by atoms with Gasteiger partial charge in [-0.05, 0) is 55.0 Å². The molecule has 1 saturated heterocycles. The maximum atomic E-state index is 13.1. The smallest absolute Gasteiger partial charge is 0.271 e. The fraction of sp³-hybridized carbons (Fsp3) is 0.304. The molecule has 0 aliphatic carbocycles. The van der Waals surface area contributed by atoms with Crippen molar-refractivity contribution in [3.63, 3.8) is 0 Å². The number of carbonyl (C=O) groups is 2. The summed E-state index contributed by atoms with van der Waals surface area (Å²) < 4.78 is 32.3. The Bertz CT molecular complexity index is 1190. The summed E-state index contributed by atoms with van der Waals surface area (Å²) in [5.74, 6) is 0.157. The molecule has 10 heteroatoms. The van der Waals surface area contributed by atoms with Crippen molar-refractivity contribution in [2.24, 2.45) is 0 Å². The first-order chi connectivity index (χ1) is 15.8. The van der Waals surface area contributed by atoms with Gasteiger partial charge in [0, 0.05) is 32.6 Å². The van der Waals surface area contributed by atoms with Crippen molar-refractivity contribution in [2.45, 2.75) is 18.2 Å². The predicted molar refractivity (Wildman–Crippen MR) is 123 cm³/mol. The van der Waals surface area contributed by atoms with Gasteiger partial charge in [0.15, 0.2) is 0 Å². The molecule has 0 atom stereocenters. The maximum Gasteiger partial charge on any atom is 0.271 e. The van der Waals surface area contributed by atoms with E-state index in [1.165, 1.54) is 28.6 Å². The molecule has 2 amide bonds. The second kappa shape index (κ2) is 9.24. The Labute approximate surface area is 193 Å². The number of hydrazine groups is 1. The molecule has 0 bridgehead atoms. The molecule has 0 radical (unpaired) electrons. The molecule has 2 aliphatic rings. The summed E-state index contributed by atoms with van der Waals surface area (Å²) in [4.78, 5) is 27.3. The molecule has 2 aliphatic heterocycles. The van der Waals surface area contributed by atoms with Crippen molar-refractivity contribution in [1.82, 2.24) is 14.6 Å². The fourth-order valence-corrected chi connectivity index (χ4v) is 5.24. The molecule has 2 heterocycles. The summed E-state index contributed by atoms with van der Waals surface area (Å²) in [6.07, 6.45) is 1.69. The third-order valence-corrected chi connectivity index (χ3v) is 7.59. The Kier molecular flexibility index (Phi) is 6.39. The van der Waals surface area contributed by atoms with E-state index in [1.54, 1.807) is 29.2 Å². The van der Waals surface area contributed by atoms with Gasteiger partial charge in [-0.3, -0.25) is 15.0 Å². The Balaban J connectivity index is 1.41. The molecule has 0 aromatic heterocycles. The molecule has 2 aromatic rings. The van der Waals surface area contributed by atoms with Gasteiger partial charge in [0.25, 0.3) is 5.91 Å². The number of aryl methyl sites for hydroxylation is 1. The van der Waals surface area contributed by atoms with E-state index in [-0.39, 0.29) is 49.3 Å². The lowest BCUT2D eigenvalue weighted by atomic mass is 10.2. The number of hydrogen-bond donors (Lipinski definition) is 1. The van der Waals surface area contributed by atoms with Gasteiger partial charge in [0.2, 0.25) is 15.9 Å². The van der Waals surface area contributed by atoms with Crippen LogP contribution in [0.5, 0.6) is 5.75 Å². The van der Waals surface area contributed by atoms with Gasteiger partial charge in [-0.2, -0.15) is 4.31 Å². The van der Waals surface area contributed by atoms with Crippen molar-refractivity contribution in [3.8, 4) is 5.75 Å². The number of piperazine rings is 1. The number of rotatable bonds is 5. The van der Waals surface area contributed by atoms with Crippen LogP contribution in [0.2, 0.25) is 0 Å². The zero-order valence-corrected chi connectivity index (χ0v) is 19.3. The lowest BCUT2D eigenvalue weighted by Crippen LogP contribution is -2.54. The minimum absolute atomic E-state index is 0.105. The molecule has 4 rings (SSSR count). The van der Waals surface area contributed by atoms with Crippen molar-refractivity contribution in [2.75, 3.05) is 38.3 Å². The molecule has 33 heavy (non-hydrogen) atoms. The van der Waals surface area contributed by atoms with E-state index in [0.29, 0.717) is 17.1 Å². The summed E-state index contributed by atoms with van der Waals surface area (Å²) >= 11 is 0. The van der Waals surface area contributed by atoms with Crippen LogP contribution in [0.4, 0.5) is 5.69 Å². The van der Waals surface area contributed by atoms with E-state index in [0.717, 1.165) is 5.56 Å². The van der Waals surface area contributed by atoms with E-state index in [2.05, 4.69) is 5.43 Å². The second-order valence-electron chi connectivity index (χ2n) is 7.87. The van der Waals surface area contributed by atoms with Gasteiger partial charge in [-0.15, -0.1) is 0 Å². The Hall–Kier alpha value is -3.37. The van der Waals surface area contributed by atoms with E-state index >= 15 is 0 Å². The molecule has 2 aromatic carbocycles. The maximum absolute atomic E-state index is 13.1. The molecule has 0 unspecified atom stereocenters. The van der Waals surface area contributed by atoms with E-state index in [1.807, 2.05) is 25.1 Å². The zero-order valence-electron chi connectivity index (χ0n) is 18.5. The molecule has 1 fully saturated rings. The molecule has 0 saturated carbocycles. The van der Waals surface area contributed by atoms with Crippen LogP contribution in [0.3, 0.4) is 0 Å². The van der Waals surface area contributed by atoms with Gasteiger partial charge in [-0.25, -0.2) is 13.4 Å². The first-order valence-electron chi connectivity index (χ1n) is 10.6. The summed E-state index contributed by atoms with van der Waals surface area (Å²) in [5.41, 5.74) is 4.90. The monoisotopic (exact) mass is 470 g/mol. The van der Waals surface area contributed by atoms with Gasteiger partial charge in [-0.1, -0.05) is 12.1 Å². The Morgan fingerprint density at radius 2 is 1.73 bits per heavy atom. The van der Waals surface area contributed by atoms with E-state index < -0.39 is 10.0 Å². The lowest BCUT2D eigenvalue weighted by molar-refractivity contribution is -0.129. The predicted octanol–water partition coefficient (Wildman–Crippen LogP) is 1.66.